The summed E-state index contributed by atoms with van der Waals surface area (Å²) in [5, 5.41) is 13.7. The first-order chi connectivity index (χ1) is 10.00. The number of fused-ring (bicyclic) bond motifs is 1. The van der Waals surface area contributed by atoms with Crippen molar-refractivity contribution in [2.24, 2.45) is 0 Å². The summed E-state index contributed by atoms with van der Waals surface area (Å²) in [5.41, 5.74) is -0.0844. The van der Waals surface area contributed by atoms with Crippen molar-refractivity contribution in [3.05, 3.63) is 27.7 Å². The lowest BCUT2D eigenvalue weighted by Crippen LogP contribution is -2.56. The summed E-state index contributed by atoms with van der Waals surface area (Å²) in [4.78, 5) is 14.3. The first-order valence-electron chi connectivity index (χ1n) is 7.21. The van der Waals surface area contributed by atoms with Crippen molar-refractivity contribution in [1.82, 2.24) is 4.90 Å². The van der Waals surface area contributed by atoms with Gasteiger partial charge < -0.3 is 15.3 Å². The molecule has 0 spiro atoms. The molecule has 0 amide bonds. The number of rotatable bonds is 3. The van der Waals surface area contributed by atoms with E-state index in [1.165, 1.54) is 6.42 Å². The van der Waals surface area contributed by atoms with E-state index in [0.717, 1.165) is 29.7 Å². The molecule has 21 heavy (non-hydrogen) atoms. The summed E-state index contributed by atoms with van der Waals surface area (Å²) in [6, 6.07) is 5.83. The Bertz CT molecular complexity index is 569. The summed E-state index contributed by atoms with van der Waals surface area (Å²) in [7, 11) is 0. The van der Waals surface area contributed by atoms with Crippen LogP contribution in [0.1, 0.15) is 25.7 Å². The molecule has 0 aromatic heterocycles. The highest BCUT2D eigenvalue weighted by Crippen LogP contribution is 2.36. The molecule has 0 aliphatic carbocycles. The lowest BCUT2D eigenvalue weighted by atomic mass is 9.83. The average Bonchev–Trinajstić information content (AvgIpc) is 2.90. The van der Waals surface area contributed by atoms with Crippen molar-refractivity contribution in [3.63, 3.8) is 0 Å². The van der Waals surface area contributed by atoms with Crippen LogP contribution in [0.5, 0.6) is 0 Å². The molecule has 114 valence electrons. The van der Waals surface area contributed by atoms with Crippen LogP contribution in [-0.4, -0.2) is 40.6 Å². The van der Waals surface area contributed by atoms with E-state index in [9.17, 15) is 9.90 Å². The summed E-state index contributed by atoms with van der Waals surface area (Å²) in [6.45, 7) is 1.95. The van der Waals surface area contributed by atoms with Gasteiger partial charge in [0.25, 0.3) is 0 Å². The Morgan fingerprint density at radius 2 is 2.29 bits per heavy atom. The van der Waals surface area contributed by atoms with Crippen LogP contribution in [0.25, 0.3) is 0 Å². The molecule has 2 heterocycles. The summed E-state index contributed by atoms with van der Waals surface area (Å²) < 4.78 is 0.771. The van der Waals surface area contributed by atoms with E-state index < -0.39 is 11.5 Å². The van der Waals surface area contributed by atoms with Gasteiger partial charge in [0.05, 0.1) is 5.02 Å². The smallest absolute Gasteiger partial charge is 0.329 e. The molecule has 1 aromatic rings. The predicted molar refractivity (Wildman–Crippen MR) is 87.0 cm³/mol. The monoisotopic (exact) mass is 372 g/mol. The van der Waals surface area contributed by atoms with E-state index in [0.29, 0.717) is 23.9 Å². The van der Waals surface area contributed by atoms with Gasteiger partial charge in [-0.1, -0.05) is 11.6 Å². The third-order valence-corrected chi connectivity index (χ3v) is 5.84. The van der Waals surface area contributed by atoms with Gasteiger partial charge in [-0.15, -0.1) is 0 Å². The van der Waals surface area contributed by atoms with Crippen molar-refractivity contribution in [2.45, 2.75) is 37.3 Å². The molecule has 2 aliphatic rings. The predicted octanol–water partition coefficient (Wildman–Crippen LogP) is 3.60. The van der Waals surface area contributed by atoms with Crippen LogP contribution < -0.4 is 5.32 Å². The molecular formula is C15H18BrClN2O2. The first-order valence-corrected chi connectivity index (χ1v) is 8.38. The van der Waals surface area contributed by atoms with Gasteiger partial charge in [0, 0.05) is 22.7 Å². The van der Waals surface area contributed by atoms with Crippen LogP contribution in [0, 0.1) is 0 Å². The quantitative estimate of drug-likeness (QED) is 0.850. The highest BCUT2D eigenvalue weighted by molar-refractivity contribution is 9.10. The summed E-state index contributed by atoms with van der Waals surface area (Å²) >= 11 is 9.38. The number of halogens is 2. The molecule has 4 nitrogen and oxygen atoms in total. The second kappa shape index (κ2) is 5.78. The molecular weight excluding hydrogens is 356 g/mol. The van der Waals surface area contributed by atoms with Gasteiger partial charge in [0.1, 0.15) is 5.54 Å². The van der Waals surface area contributed by atoms with E-state index in [1.54, 1.807) is 6.07 Å². The number of carboxylic acid groups (broad SMARTS) is 1. The van der Waals surface area contributed by atoms with Crippen molar-refractivity contribution >= 4 is 39.2 Å². The molecule has 2 fully saturated rings. The molecule has 2 unspecified atom stereocenters. The number of hydrogen-bond donors (Lipinski definition) is 2. The second-order valence-electron chi connectivity index (χ2n) is 5.93. The molecule has 2 aliphatic heterocycles. The van der Waals surface area contributed by atoms with Crippen LogP contribution in [0.15, 0.2) is 22.7 Å². The fourth-order valence-corrected chi connectivity index (χ4v) is 3.97. The van der Waals surface area contributed by atoms with Crippen LogP contribution in [0.4, 0.5) is 5.69 Å². The maximum absolute atomic E-state index is 11.9. The van der Waals surface area contributed by atoms with Crippen molar-refractivity contribution < 1.29 is 9.90 Å². The Morgan fingerprint density at radius 1 is 1.48 bits per heavy atom. The first kappa shape index (κ1) is 15.1. The van der Waals surface area contributed by atoms with Gasteiger partial charge in [-0.3, -0.25) is 0 Å². The normalized spacial score (nSPS) is 29.1. The minimum Gasteiger partial charge on any atom is -0.480 e. The van der Waals surface area contributed by atoms with Crippen LogP contribution in [0.2, 0.25) is 5.02 Å². The summed E-state index contributed by atoms with van der Waals surface area (Å²) in [5.74, 6) is -0.764. The summed E-state index contributed by atoms with van der Waals surface area (Å²) in [6.07, 6.45) is 3.55. The number of anilines is 1. The number of carboxylic acids is 1. The molecule has 2 saturated heterocycles. The molecule has 3 rings (SSSR count). The third kappa shape index (κ3) is 2.91. The molecule has 0 radical (unpaired) electrons. The number of benzene rings is 1. The lowest BCUT2D eigenvalue weighted by Gasteiger charge is -2.42. The minimum absolute atomic E-state index is 0.387. The Kier molecular flexibility index (Phi) is 4.17. The van der Waals surface area contributed by atoms with Crippen molar-refractivity contribution in [1.29, 1.82) is 0 Å². The molecule has 0 bridgehead atoms. The molecule has 2 atom stereocenters. The largest absolute Gasteiger partial charge is 0.480 e. The van der Waals surface area contributed by atoms with E-state index in [4.69, 9.17) is 11.6 Å². The van der Waals surface area contributed by atoms with E-state index in [-0.39, 0.29) is 0 Å². The van der Waals surface area contributed by atoms with Gasteiger partial charge in [0.2, 0.25) is 0 Å². The zero-order chi connectivity index (χ0) is 15.0. The number of aliphatic carboxylic acids is 1. The minimum atomic E-state index is -0.876. The Balaban J connectivity index is 1.84. The van der Waals surface area contributed by atoms with Gasteiger partial charge in [-0.05, 0) is 66.4 Å². The van der Waals surface area contributed by atoms with Crippen LogP contribution >= 0.6 is 27.5 Å². The standard InChI is InChI=1S/C15H18BrClN2O2/c16-12-8-10(3-4-13(12)17)18-15(14(20)21)5-7-19-6-1-2-11(19)9-15/h3-4,8,11,18H,1-2,5-7,9H2,(H,20,21). The van der Waals surface area contributed by atoms with Gasteiger partial charge in [-0.25, -0.2) is 4.79 Å². The molecule has 2 N–H and O–H groups in total. The Labute approximate surface area is 137 Å². The maximum Gasteiger partial charge on any atom is 0.329 e. The van der Waals surface area contributed by atoms with E-state index in [1.807, 2.05) is 12.1 Å². The zero-order valence-corrected chi connectivity index (χ0v) is 14.0. The number of piperidine rings is 1. The molecule has 6 heteroatoms. The van der Waals surface area contributed by atoms with Crippen LogP contribution in [-0.2, 0) is 4.79 Å². The van der Waals surface area contributed by atoms with Crippen molar-refractivity contribution in [2.75, 3.05) is 18.4 Å². The Morgan fingerprint density at radius 3 is 3.00 bits per heavy atom. The van der Waals surface area contributed by atoms with Gasteiger partial charge >= 0.3 is 5.97 Å². The fourth-order valence-electron chi connectivity index (χ4n) is 3.47. The number of hydrogen-bond acceptors (Lipinski definition) is 3. The van der Waals surface area contributed by atoms with E-state index in [2.05, 4.69) is 26.1 Å². The number of nitrogens with zero attached hydrogens (tertiary/aromatic N) is 1. The molecule has 0 saturated carbocycles. The number of nitrogens with one attached hydrogen (secondary N) is 1. The SMILES string of the molecule is O=C(O)C1(Nc2ccc(Cl)c(Br)c2)CCN2CCCC2C1. The Hall–Kier alpha value is -0.780. The van der Waals surface area contributed by atoms with Crippen molar-refractivity contribution in [3.8, 4) is 0 Å². The topological polar surface area (TPSA) is 52.6 Å². The molecule has 1 aromatic carbocycles. The van der Waals surface area contributed by atoms with Gasteiger partial charge in [0.15, 0.2) is 0 Å². The second-order valence-corrected chi connectivity index (χ2v) is 7.19. The highest BCUT2D eigenvalue weighted by Gasteiger charge is 2.46. The highest BCUT2D eigenvalue weighted by atomic mass is 79.9. The third-order valence-electron chi connectivity index (χ3n) is 4.62. The lowest BCUT2D eigenvalue weighted by molar-refractivity contribution is -0.144. The maximum atomic E-state index is 11.9. The number of carbonyl (C=O) groups is 1. The fraction of sp³-hybridized carbons (Fsp3) is 0.533. The zero-order valence-electron chi connectivity index (χ0n) is 11.6. The van der Waals surface area contributed by atoms with Crippen LogP contribution in [0.3, 0.4) is 0 Å². The average molecular weight is 374 g/mol. The van der Waals surface area contributed by atoms with E-state index >= 15 is 0 Å². The van der Waals surface area contributed by atoms with Gasteiger partial charge in [-0.2, -0.15) is 0 Å².